The molecule has 0 atom stereocenters. The van der Waals surface area contributed by atoms with Gasteiger partial charge in [-0.3, -0.25) is 9.59 Å². The summed E-state index contributed by atoms with van der Waals surface area (Å²) in [7, 11) is 0. The van der Waals surface area contributed by atoms with E-state index in [1.165, 1.54) is 12.1 Å². The highest BCUT2D eigenvalue weighted by molar-refractivity contribution is 5.98. The molecule has 0 fully saturated rings. The van der Waals surface area contributed by atoms with Gasteiger partial charge in [0.15, 0.2) is 0 Å². The zero-order valence-corrected chi connectivity index (χ0v) is 11.3. The Morgan fingerprint density at radius 2 is 1.95 bits per heavy atom. The van der Waals surface area contributed by atoms with E-state index in [2.05, 4.69) is 16.0 Å². The Labute approximate surface area is 116 Å². The fraction of sp³-hybridized carbons (Fsp3) is 0.308. The highest BCUT2D eigenvalue weighted by atomic mass is 16.4. The summed E-state index contributed by atoms with van der Waals surface area (Å²) in [5.74, 6) is -1.63. The number of hydrogen-bond acceptors (Lipinski definition) is 3. The Morgan fingerprint density at radius 1 is 1.25 bits per heavy atom. The molecule has 0 radical (unpaired) electrons. The van der Waals surface area contributed by atoms with Crippen LogP contribution in [-0.4, -0.2) is 35.6 Å². The predicted octanol–water partition coefficient (Wildman–Crippen LogP) is 1.03. The molecular weight excluding hydrogens is 262 g/mol. The van der Waals surface area contributed by atoms with Crippen LogP contribution in [0.5, 0.6) is 0 Å². The molecule has 0 heterocycles. The van der Waals surface area contributed by atoms with Crippen LogP contribution in [0.1, 0.15) is 24.2 Å². The average Bonchev–Trinajstić information content (AvgIpc) is 2.35. The van der Waals surface area contributed by atoms with Crippen LogP contribution in [0, 0.1) is 0 Å². The summed E-state index contributed by atoms with van der Waals surface area (Å²) in [5, 5.41) is 16.0. The number of hydrogen-bond donors (Lipinski definition) is 4. The molecule has 0 saturated heterocycles. The smallest absolute Gasteiger partial charge is 0.322 e. The lowest BCUT2D eigenvalue weighted by Gasteiger charge is -2.11. The minimum Gasteiger partial charge on any atom is -0.480 e. The Morgan fingerprint density at radius 3 is 2.55 bits per heavy atom. The van der Waals surface area contributed by atoms with E-state index in [1.54, 1.807) is 12.1 Å². The van der Waals surface area contributed by atoms with E-state index >= 15 is 0 Å². The largest absolute Gasteiger partial charge is 0.480 e. The van der Waals surface area contributed by atoms with E-state index in [-0.39, 0.29) is 17.6 Å². The molecule has 0 saturated carbocycles. The third-order valence-corrected chi connectivity index (χ3v) is 2.20. The summed E-state index contributed by atoms with van der Waals surface area (Å²) < 4.78 is 0. The Balaban J connectivity index is 2.68. The number of carboxylic acids is 1. The van der Waals surface area contributed by atoms with Crippen LogP contribution in [0.25, 0.3) is 0 Å². The Hall–Kier alpha value is -2.57. The number of urea groups is 1. The van der Waals surface area contributed by atoms with E-state index in [1.807, 2.05) is 13.8 Å². The normalized spacial score (nSPS) is 9.95. The lowest BCUT2D eigenvalue weighted by atomic mass is 10.2. The van der Waals surface area contributed by atoms with Crippen molar-refractivity contribution in [3.05, 3.63) is 29.8 Å². The fourth-order valence-electron chi connectivity index (χ4n) is 1.43. The quantitative estimate of drug-likeness (QED) is 0.645. The summed E-state index contributed by atoms with van der Waals surface area (Å²) >= 11 is 0. The molecule has 1 aromatic rings. The van der Waals surface area contributed by atoms with Crippen LogP contribution in [-0.2, 0) is 4.79 Å². The van der Waals surface area contributed by atoms with Gasteiger partial charge in [-0.25, -0.2) is 4.79 Å². The third-order valence-electron chi connectivity index (χ3n) is 2.20. The van der Waals surface area contributed by atoms with Crippen LogP contribution in [0.15, 0.2) is 24.3 Å². The number of benzene rings is 1. The molecule has 0 spiro atoms. The molecule has 0 bridgehead atoms. The topological polar surface area (TPSA) is 108 Å². The molecular formula is C13H17N3O4. The molecule has 108 valence electrons. The summed E-state index contributed by atoms with van der Waals surface area (Å²) in [6.45, 7) is 3.20. The molecule has 0 unspecified atom stereocenters. The summed E-state index contributed by atoms with van der Waals surface area (Å²) in [4.78, 5) is 33.6. The standard InChI is InChI=1S/C13H17N3O4/c1-8(2)15-13(20)16-10-5-3-4-9(6-10)12(19)14-7-11(17)18/h3-6,8H,7H2,1-2H3,(H,14,19)(H,17,18)(H2,15,16,20). The summed E-state index contributed by atoms with van der Waals surface area (Å²) in [5.41, 5.74) is 0.722. The third kappa shape index (κ3) is 5.38. The van der Waals surface area contributed by atoms with Gasteiger partial charge >= 0.3 is 12.0 Å². The number of aliphatic carboxylic acids is 1. The maximum Gasteiger partial charge on any atom is 0.322 e. The molecule has 7 heteroatoms. The van der Waals surface area contributed by atoms with E-state index < -0.39 is 18.4 Å². The van der Waals surface area contributed by atoms with Crippen LogP contribution in [0.2, 0.25) is 0 Å². The van der Waals surface area contributed by atoms with Crippen LogP contribution >= 0.6 is 0 Å². The van der Waals surface area contributed by atoms with Crippen LogP contribution < -0.4 is 16.0 Å². The maximum absolute atomic E-state index is 11.7. The highest BCUT2D eigenvalue weighted by Gasteiger charge is 2.09. The second kappa shape index (κ2) is 7.13. The highest BCUT2D eigenvalue weighted by Crippen LogP contribution is 2.10. The molecule has 20 heavy (non-hydrogen) atoms. The van der Waals surface area contributed by atoms with Gasteiger partial charge in [-0.1, -0.05) is 6.07 Å². The first-order valence-corrected chi connectivity index (χ1v) is 6.06. The SMILES string of the molecule is CC(C)NC(=O)Nc1cccc(C(=O)NCC(=O)O)c1. The minimum absolute atomic E-state index is 0.00273. The van der Waals surface area contributed by atoms with E-state index in [0.717, 1.165) is 0 Å². The van der Waals surface area contributed by atoms with E-state index in [0.29, 0.717) is 5.69 Å². The van der Waals surface area contributed by atoms with Crippen LogP contribution in [0.4, 0.5) is 10.5 Å². The van der Waals surface area contributed by atoms with Crippen molar-refractivity contribution in [2.45, 2.75) is 19.9 Å². The molecule has 0 aliphatic heterocycles. The number of carbonyl (C=O) groups is 3. The monoisotopic (exact) mass is 279 g/mol. The average molecular weight is 279 g/mol. The summed E-state index contributed by atoms with van der Waals surface area (Å²) in [6.07, 6.45) is 0. The van der Waals surface area contributed by atoms with Gasteiger partial charge in [0.05, 0.1) is 0 Å². The zero-order valence-electron chi connectivity index (χ0n) is 11.3. The number of anilines is 1. The van der Waals surface area contributed by atoms with Gasteiger partial charge in [-0.15, -0.1) is 0 Å². The minimum atomic E-state index is -1.12. The summed E-state index contributed by atoms with van der Waals surface area (Å²) in [6, 6.07) is 5.86. The molecule has 7 nitrogen and oxygen atoms in total. The van der Waals surface area contributed by atoms with Crippen LogP contribution in [0.3, 0.4) is 0 Å². The molecule has 1 aromatic carbocycles. The van der Waals surface area contributed by atoms with E-state index in [9.17, 15) is 14.4 Å². The van der Waals surface area contributed by atoms with Crippen molar-refractivity contribution in [2.75, 3.05) is 11.9 Å². The molecule has 4 N–H and O–H groups in total. The number of carboxylic acid groups (broad SMARTS) is 1. The van der Waals surface area contributed by atoms with E-state index in [4.69, 9.17) is 5.11 Å². The molecule has 0 aliphatic rings. The first-order chi connectivity index (χ1) is 9.38. The van der Waals surface area contributed by atoms with Crippen molar-refractivity contribution >= 4 is 23.6 Å². The lowest BCUT2D eigenvalue weighted by molar-refractivity contribution is -0.135. The van der Waals surface area contributed by atoms with Gasteiger partial charge in [0.25, 0.3) is 5.91 Å². The fourth-order valence-corrected chi connectivity index (χ4v) is 1.43. The lowest BCUT2D eigenvalue weighted by Crippen LogP contribution is -2.34. The molecule has 0 aromatic heterocycles. The first-order valence-electron chi connectivity index (χ1n) is 6.06. The molecule has 3 amide bonds. The number of nitrogens with one attached hydrogen (secondary N) is 3. The maximum atomic E-state index is 11.7. The van der Waals surface area contributed by atoms with Gasteiger partial charge in [-0.2, -0.15) is 0 Å². The van der Waals surface area contributed by atoms with Gasteiger partial charge in [-0.05, 0) is 32.0 Å². The first kappa shape index (κ1) is 15.5. The van der Waals surface area contributed by atoms with Gasteiger partial charge in [0.1, 0.15) is 6.54 Å². The van der Waals surface area contributed by atoms with Crippen molar-refractivity contribution in [2.24, 2.45) is 0 Å². The van der Waals surface area contributed by atoms with Gasteiger partial charge in [0.2, 0.25) is 0 Å². The number of amides is 3. The number of carbonyl (C=O) groups excluding carboxylic acids is 2. The zero-order chi connectivity index (χ0) is 15.1. The van der Waals surface area contributed by atoms with Gasteiger partial charge < -0.3 is 21.1 Å². The Bertz CT molecular complexity index is 514. The van der Waals surface area contributed by atoms with Gasteiger partial charge in [0, 0.05) is 17.3 Å². The molecule has 0 aliphatic carbocycles. The number of rotatable bonds is 5. The van der Waals surface area contributed by atoms with Crippen molar-refractivity contribution in [3.8, 4) is 0 Å². The van der Waals surface area contributed by atoms with Crippen molar-refractivity contribution in [1.29, 1.82) is 0 Å². The molecule has 1 rings (SSSR count). The predicted molar refractivity (Wildman–Crippen MR) is 73.7 cm³/mol. The van der Waals surface area contributed by atoms with Crippen molar-refractivity contribution in [1.82, 2.24) is 10.6 Å². The second-order valence-electron chi connectivity index (χ2n) is 4.41. The second-order valence-corrected chi connectivity index (χ2v) is 4.41. The Kier molecular flexibility index (Phi) is 5.52. The van der Waals surface area contributed by atoms with Crippen molar-refractivity contribution < 1.29 is 19.5 Å². The van der Waals surface area contributed by atoms with Crippen molar-refractivity contribution in [3.63, 3.8) is 0 Å².